The van der Waals surface area contributed by atoms with Crippen molar-refractivity contribution in [2.75, 3.05) is 0 Å². The molecule has 0 aliphatic heterocycles. The van der Waals surface area contributed by atoms with Crippen LogP contribution >= 0.6 is 0 Å². The van der Waals surface area contributed by atoms with E-state index in [1.165, 1.54) is 6.07 Å². The maximum Gasteiger partial charge on any atom is 0.298 e. The molecule has 0 heterocycles. The monoisotopic (exact) mass is 562 g/mol. The van der Waals surface area contributed by atoms with Crippen molar-refractivity contribution < 1.29 is 31.0 Å². The Morgan fingerprint density at radius 2 is 1.15 bits per heavy atom. The van der Waals surface area contributed by atoms with Crippen molar-refractivity contribution in [2.45, 2.75) is 9.79 Å². The van der Waals surface area contributed by atoms with Crippen LogP contribution in [0, 0.1) is 0 Å². The van der Waals surface area contributed by atoms with Crippen molar-refractivity contribution in [3.8, 4) is 5.75 Å². The minimum Gasteiger partial charge on any atom is -0.504 e. The van der Waals surface area contributed by atoms with Crippen LogP contribution in [0.15, 0.2) is 121 Å². The summed E-state index contributed by atoms with van der Waals surface area (Å²) >= 11 is 0. The first-order chi connectivity index (χ1) is 18.5. The molecule has 5 aromatic rings. The van der Waals surface area contributed by atoms with E-state index in [0.29, 0.717) is 27.8 Å². The molecule has 0 aliphatic rings. The zero-order valence-corrected chi connectivity index (χ0v) is 21.4. The average Bonchev–Trinajstić information content (AvgIpc) is 2.90. The highest BCUT2D eigenvalue weighted by atomic mass is 32.2. The Kier molecular flexibility index (Phi) is 6.66. The molecule has 5 aromatic carbocycles. The molecule has 196 valence electrons. The van der Waals surface area contributed by atoms with Gasteiger partial charge in [0.2, 0.25) is 0 Å². The van der Waals surface area contributed by atoms with Gasteiger partial charge in [0.25, 0.3) is 20.2 Å². The van der Waals surface area contributed by atoms with E-state index in [2.05, 4.69) is 20.5 Å². The van der Waals surface area contributed by atoms with E-state index >= 15 is 0 Å². The van der Waals surface area contributed by atoms with Crippen molar-refractivity contribution in [1.82, 2.24) is 0 Å². The van der Waals surface area contributed by atoms with E-state index in [1.807, 2.05) is 42.5 Å². The summed E-state index contributed by atoms with van der Waals surface area (Å²) in [5.41, 5.74) is 1.25. The number of azo groups is 2. The number of phenols is 1. The van der Waals surface area contributed by atoms with Gasteiger partial charge in [0.1, 0.15) is 10.6 Å². The number of benzene rings is 5. The van der Waals surface area contributed by atoms with Gasteiger partial charge >= 0.3 is 0 Å². The summed E-state index contributed by atoms with van der Waals surface area (Å²) in [5, 5.41) is 29.0. The van der Waals surface area contributed by atoms with Gasteiger partial charge < -0.3 is 5.11 Å². The molecule has 0 aliphatic carbocycles. The molecule has 0 unspecified atom stereocenters. The lowest BCUT2D eigenvalue weighted by Crippen LogP contribution is -2.00. The molecule has 0 atom stereocenters. The van der Waals surface area contributed by atoms with Crippen molar-refractivity contribution in [3.63, 3.8) is 0 Å². The fraction of sp³-hybridized carbons (Fsp3) is 0. The second kappa shape index (κ2) is 9.96. The van der Waals surface area contributed by atoms with Gasteiger partial charge in [-0.3, -0.25) is 9.11 Å². The molecule has 39 heavy (non-hydrogen) atoms. The van der Waals surface area contributed by atoms with Crippen LogP contribution in [0.25, 0.3) is 21.5 Å². The summed E-state index contributed by atoms with van der Waals surface area (Å²) in [5.74, 6) is -0.883. The lowest BCUT2D eigenvalue weighted by molar-refractivity contribution is 0.445. The van der Waals surface area contributed by atoms with Crippen LogP contribution in [-0.2, 0) is 20.2 Å². The fourth-order valence-corrected chi connectivity index (χ4v) is 5.07. The van der Waals surface area contributed by atoms with Crippen LogP contribution in [0.4, 0.5) is 22.7 Å². The molecular formula is C26H18N4O7S2. The Balaban J connectivity index is 1.65. The number of hydrogen-bond donors (Lipinski definition) is 3. The van der Waals surface area contributed by atoms with Gasteiger partial charge in [-0.25, -0.2) is 0 Å². The summed E-state index contributed by atoms with van der Waals surface area (Å²) in [6.45, 7) is 0. The molecular weight excluding hydrogens is 544 g/mol. The topological polar surface area (TPSA) is 178 Å². The lowest BCUT2D eigenvalue weighted by Gasteiger charge is -2.10. The smallest absolute Gasteiger partial charge is 0.298 e. The highest BCUT2D eigenvalue weighted by molar-refractivity contribution is 7.86. The summed E-state index contributed by atoms with van der Waals surface area (Å²) in [7, 11) is -9.55. The second-order valence-electron chi connectivity index (χ2n) is 8.29. The van der Waals surface area contributed by atoms with E-state index in [-0.39, 0.29) is 16.5 Å². The normalized spacial score (nSPS) is 12.7. The third-order valence-corrected chi connectivity index (χ3v) is 7.48. The third kappa shape index (κ3) is 5.37. The highest BCUT2D eigenvalue weighted by Gasteiger charge is 2.23. The Morgan fingerprint density at radius 1 is 0.564 bits per heavy atom. The fourth-order valence-electron chi connectivity index (χ4n) is 3.94. The highest BCUT2D eigenvalue weighted by Crippen LogP contribution is 2.43. The first-order valence-electron chi connectivity index (χ1n) is 11.2. The number of hydrogen-bond acceptors (Lipinski definition) is 9. The number of phenolic OH excluding ortho intramolecular Hbond substituents is 1. The first-order valence-corrected chi connectivity index (χ1v) is 14.1. The molecule has 0 radical (unpaired) electrons. The van der Waals surface area contributed by atoms with Crippen LogP contribution in [-0.4, -0.2) is 31.0 Å². The van der Waals surface area contributed by atoms with Crippen LogP contribution in [0.1, 0.15) is 0 Å². The minimum atomic E-state index is -4.93. The Bertz CT molecular complexity index is 2030. The van der Waals surface area contributed by atoms with E-state index in [4.69, 9.17) is 0 Å². The molecule has 13 heteroatoms. The average molecular weight is 563 g/mol. The third-order valence-electron chi connectivity index (χ3n) is 5.76. The van der Waals surface area contributed by atoms with Gasteiger partial charge in [-0.05, 0) is 47.9 Å². The van der Waals surface area contributed by atoms with Crippen LogP contribution < -0.4 is 0 Å². The number of aromatic hydroxyl groups is 1. The summed E-state index contributed by atoms with van der Waals surface area (Å²) in [6, 6.07) is 23.8. The predicted octanol–water partition coefficient (Wildman–Crippen LogP) is 7.02. The van der Waals surface area contributed by atoms with Gasteiger partial charge in [-0.15, -0.1) is 15.3 Å². The zero-order valence-electron chi connectivity index (χ0n) is 19.7. The van der Waals surface area contributed by atoms with E-state index in [0.717, 1.165) is 18.2 Å². The minimum absolute atomic E-state index is 0.0361. The number of rotatable bonds is 6. The largest absolute Gasteiger partial charge is 0.504 e. The molecule has 5 rings (SSSR count). The molecule has 0 saturated heterocycles. The predicted molar refractivity (Wildman–Crippen MR) is 144 cm³/mol. The molecule has 0 spiro atoms. The molecule has 3 N–H and O–H groups in total. The second-order valence-corrected chi connectivity index (χ2v) is 11.1. The molecule has 0 bridgehead atoms. The Morgan fingerprint density at radius 3 is 1.74 bits per heavy atom. The van der Waals surface area contributed by atoms with E-state index in [9.17, 15) is 31.0 Å². The van der Waals surface area contributed by atoms with Gasteiger partial charge in [0, 0.05) is 16.2 Å². The van der Waals surface area contributed by atoms with Crippen molar-refractivity contribution in [1.29, 1.82) is 0 Å². The van der Waals surface area contributed by atoms with Crippen molar-refractivity contribution >= 4 is 64.5 Å². The van der Waals surface area contributed by atoms with E-state index in [1.54, 1.807) is 24.3 Å². The van der Waals surface area contributed by atoms with Crippen LogP contribution in [0.3, 0.4) is 0 Å². The first kappa shape index (κ1) is 26.1. The molecule has 0 aromatic heterocycles. The lowest BCUT2D eigenvalue weighted by atomic mass is 10.1. The molecule has 0 amide bonds. The van der Waals surface area contributed by atoms with Crippen molar-refractivity contribution in [2.24, 2.45) is 20.5 Å². The maximum atomic E-state index is 11.9. The van der Waals surface area contributed by atoms with Crippen molar-refractivity contribution in [3.05, 3.63) is 91.0 Å². The SMILES string of the molecule is O=S(=O)(O)c1ccc2c(N=Nc3ccc(N=Nc4ccccc4)c4ccccc34)c(O)c(S(=O)(=O)O)cc2c1. The Hall–Kier alpha value is -4.56. The quantitative estimate of drug-likeness (QED) is 0.147. The molecule has 11 nitrogen and oxygen atoms in total. The standard InChI is InChI=1S/C26H18N4O7S2/c31-26-24(39(35,36)37)15-16-14-18(38(32,33)34)10-11-19(16)25(26)30-29-23-13-12-22(20-8-4-5-9-21(20)23)28-27-17-6-2-1-3-7-17/h1-15,31H,(H,32,33,34)(H,35,36,37). The van der Waals surface area contributed by atoms with E-state index < -0.39 is 35.8 Å². The molecule has 0 fully saturated rings. The summed E-state index contributed by atoms with van der Waals surface area (Å²) in [4.78, 5) is -1.42. The number of fused-ring (bicyclic) bond motifs is 2. The van der Waals surface area contributed by atoms with Crippen LogP contribution in [0.5, 0.6) is 5.75 Å². The summed E-state index contributed by atoms with van der Waals surface area (Å²) < 4.78 is 66.0. The maximum absolute atomic E-state index is 11.9. The van der Waals surface area contributed by atoms with Crippen LogP contribution in [0.2, 0.25) is 0 Å². The molecule has 0 saturated carbocycles. The van der Waals surface area contributed by atoms with Gasteiger partial charge in [-0.1, -0.05) is 48.5 Å². The van der Waals surface area contributed by atoms with Gasteiger partial charge in [0.05, 0.1) is 22.0 Å². The van der Waals surface area contributed by atoms with Gasteiger partial charge in [0.15, 0.2) is 5.75 Å². The zero-order chi connectivity index (χ0) is 27.8. The summed E-state index contributed by atoms with van der Waals surface area (Å²) in [6.07, 6.45) is 0. The Labute approximate surface area is 222 Å². The number of nitrogens with zero attached hydrogens (tertiary/aromatic N) is 4. The van der Waals surface area contributed by atoms with Gasteiger partial charge in [-0.2, -0.15) is 21.9 Å².